The van der Waals surface area contributed by atoms with Gasteiger partial charge in [-0.2, -0.15) is 4.68 Å². The fraction of sp³-hybridized carbons (Fsp3) is 0. The van der Waals surface area contributed by atoms with Crippen LogP contribution in [0.15, 0.2) is 56.1 Å². The summed E-state index contributed by atoms with van der Waals surface area (Å²) in [6, 6.07) is 9.48. The fourth-order valence-corrected chi connectivity index (χ4v) is 2.72. The molecule has 9 heteroatoms. The molecule has 0 unspecified atom stereocenters. The molecule has 7 nitrogen and oxygen atoms in total. The fourth-order valence-electron chi connectivity index (χ4n) is 1.50. The van der Waals surface area contributed by atoms with E-state index in [0.717, 1.165) is 5.69 Å². The van der Waals surface area contributed by atoms with Crippen molar-refractivity contribution in [3.8, 4) is 5.69 Å². The van der Waals surface area contributed by atoms with E-state index in [1.165, 1.54) is 18.1 Å². The van der Waals surface area contributed by atoms with Crippen molar-refractivity contribution in [3.05, 3.63) is 51.5 Å². The van der Waals surface area contributed by atoms with E-state index in [-0.39, 0.29) is 5.56 Å². The van der Waals surface area contributed by atoms with Crippen molar-refractivity contribution in [2.45, 2.75) is 10.2 Å². The molecule has 3 rings (SSSR count). The summed E-state index contributed by atoms with van der Waals surface area (Å²) >= 11 is 4.41. The Bertz CT molecular complexity index is 787. The van der Waals surface area contributed by atoms with Gasteiger partial charge in [0.1, 0.15) is 9.50 Å². The summed E-state index contributed by atoms with van der Waals surface area (Å²) in [5.74, 6) is 0. The average molecular weight is 351 g/mol. The number of nitrogens with one attached hydrogen (secondary N) is 1. The molecule has 20 heavy (non-hydrogen) atoms. The first-order valence-electron chi connectivity index (χ1n) is 5.50. The summed E-state index contributed by atoms with van der Waals surface area (Å²) < 4.78 is 1.94. The van der Waals surface area contributed by atoms with Gasteiger partial charge in [0.15, 0.2) is 0 Å². The minimum atomic E-state index is -0.249. The number of nitrogens with zero attached hydrogens (tertiary/aromatic N) is 5. The van der Waals surface area contributed by atoms with E-state index in [1.807, 2.05) is 30.3 Å². The highest BCUT2D eigenvalue weighted by Gasteiger charge is 2.14. The predicted octanol–water partition coefficient (Wildman–Crippen LogP) is 1.66. The maximum atomic E-state index is 11.5. The minimum Gasteiger partial charge on any atom is -0.312 e. The number of hydrogen-bond donors (Lipinski definition) is 1. The Morgan fingerprint density at radius 3 is 2.85 bits per heavy atom. The molecule has 0 amide bonds. The molecule has 0 aliphatic carbocycles. The number of rotatable bonds is 3. The van der Waals surface area contributed by atoms with E-state index in [2.05, 4.69) is 41.4 Å². The lowest BCUT2D eigenvalue weighted by Crippen LogP contribution is -2.08. The molecule has 0 saturated carbocycles. The molecule has 2 aromatic heterocycles. The number of tetrazole rings is 1. The van der Waals surface area contributed by atoms with Crippen LogP contribution in [0.5, 0.6) is 0 Å². The Morgan fingerprint density at radius 1 is 1.25 bits per heavy atom. The largest absolute Gasteiger partial charge is 0.312 e. The molecular formula is C11H7BrN6OS. The van der Waals surface area contributed by atoms with Crippen LogP contribution in [0.3, 0.4) is 0 Å². The first-order valence-corrected chi connectivity index (χ1v) is 7.11. The number of H-pyrrole nitrogens is 1. The van der Waals surface area contributed by atoms with Gasteiger partial charge in [-0.1, -0.05) is 18.2 Å². The number of benzene rings is 1. The monoisotopic (exact) mass is 350 g/mol. The predicted molar refractivity (Wildman–Crippen MR) is 75.8 cm³/mol. The van der Waals surface area contributed by atoms with Crippen molar-refractivity contribution in [2.75, 3.05) is 0 Å². The summed E-state index contributed by atoms with van der Waals surface area (Å²) in [5.41, 5.74) is 0.585. The van der Waals surface area contributed by atoms with Crippen molar-refractivity contribution in [3.63, 3.8) is 0 Å². The quantitative estimate of drug-likeness (QED) is 0.722. The second-order valence-electron chi connectivity index (χ2n) is 3.66. The van der Waals surface area contributed by atoms with Crippen molar-refractivity contribution >= 4 is 27.7 Å². The maximum absolute atomic E-state index is 11.5. The summed E-state index contributed by atoms with van der Waals surface area (Å²) in [4.78, 5) is 18.1. The van der Waals surface area contributed by atoms with Gasteiger partial charge in [0.05, 0.1) is 12.0 Å². The molecule has 3 aromatic rings. The van der Waals surface area contributed by atoms with Crippen molar-refractivity contribution in [1.29, 1.82) is 0 Å². The molecule has 0 aliphatic rings. The molecule has 1 aromatic carbocycles. The van der Waals surface area contributed by atoms with Gasteiger partial charge in [-0.05, 0) is 50.3 Å². The lowest BCUT2D eigenvalue weighted by Gasteiger charge is -2.03. The van der Waals surface area contributed by atoms with Crippen LogP contribution < -0.4 is 5.56 Å². The van der Waals surface area contributed by atoms with Gasteiger partial charge in [-0.15, -0.1) is 5.10 Å². The number of halogens is 1. The SMILES string of the molecule is O=c1[nH]cnc(Sc2nnnn2-c2ccccc2)c1Br. The summed E-state index contributed by atoms with van der Waals surface area (Å²) in [5, 5.41) is 12.6. The van der Waals surface area contributed by atoms with E-state index in [0.29, 0.717) is 14.7 Å². The number of hydrogen-bond acceptors (Lipinski definition) is 6. The number of para-hydroxylation sites is 1. The zero-order chi connectivity index (χ0) is 13.9. The second kappa shape index (κ2) is 5.55. The molecule has 0 aliphatic heterocycles. The van der Waals surface area contributed by atoms with Crippen LogP contribution in [-0.4, -0.2) is 30.2 Å². The molecule has 0 saturated heterocycles. The highest BCUT2D eigenvalue weighted by Crippen LogP contribution is 2.28. The van der Waals surface area contributed by atoms with Gasteiger partial charge in [-0.25, -0.2) is 4.98 Å². The Kier molecular flexibility index (Phi) is 3.61. The highest BCUT2D eigenvalue weighted by molar-refractivity contribution is 9.10. The molecule has 1 N–H and O–H groups in total. The normalized spacial score (nSPS) is 10.7. The summed E-state index contributed by atoms with van der Waals surface area (Å²) in [7, 11) is 0. The third kappa shape index (κ3) is 2.49. The number of aromatic nitrogens is 6. The third-order valence-corrected chi connectivity index (χ3v) is 4.33. The topological polar surface area (TPSA) is 89.3 Å². The van der Waals surface area contributed by atoms with E-state index in [9.17, 15) is 4.79 Å². The molecule has 0 fully saturated rings. The average Bonchev–Trinajstić information content (AvgIpc) is 2.93. The molecule has 2 heterocycles. The first kappa shape index (κ1) is 13.0. The van der Waals surface area contributed by atoms with Gasteiger partial charge in [0.25, 0.3) is 5.56 Å². The number of aromatic amines is 1. The van der Waals surface area contributed by atoms with Crippen LogP contribution in [0.1, 0.15) is 0 Å². The van der Waals surface area contributed by atoms with Gasteiger partial charge >= 0.3 is 0 Å². The van der Waals surface area contributed by atoms with Crippen molar-refractivity contribution < 1.29 is 0 Å². The van der Waals surface area contributed by atoms with Crippen LogP contribution in [0.4, 0.5) is 0 Å². The molecule has 0 atom stereocenters. The third-order valence-electron chi connectivity index (χ3n) is 2.39. The Balaban J connectivity index is 1.99. The van der Waals surface area contributed by atoms with E-state index >= 15 is 0 Å². The molecule has 100 valence electrons. The van der Waals surface area contributed by atoms with Crippen LogP contribution >= 0.6 is 27.7 Å². The zero-order valence-electron chi connectivity index (χ0n) is 9.89. The van der Waals surface area contributed by atoms with E-state index in [1.54, 1.807) is 4.68 Å². The lowest BCUT2D eigenvalue weighted by atomic mass is 10.3. The maximum Gasteiger partial charge on any atom is 0.266 e. The van der Waals surface area contributed by atoms with Gasteiger partial charge in [0, 0.05) is 0 Å². The second-order valence-corrected chi connectivity index (χ2v) is 5.41. The molecule has 0 spiro atoms. The summed E-state index contributed by atoms with van der Waals surface area (Å²) in [6.07, 6.45) is 1.34. The highest BCUT2D eigenvalue weighted by atomic mass is 79.9. The Labute approximate surface area is 125 Å². The first-order chi connectivity index (χ1) is 9.75. The lowest BCUT2D eigenvalue weighted by molar-refractivity contribution is 0.755. The Hall–Kier alpha value is -2.00. The summed E-state index contributed by atoms with van der Waals surface area (Å²) in [6.45, 7) is 0. The van der Waals surface area contributed by atoms with E-state index < -0.39 is 0 Å². The minimum absolute atomic E-state index is 0.249. The van der Waals surface area contributed by atoms with Crippen LogP contribution in [-0.2, 0) is 0 Å². The van der Waals surface area contributed by atoms with Crippen LogP contribution in [0.25, 0.3) is 5.69 Å². The van der Waals surface area contributed by atoms with Crippen LogP contribution in [0.2, 0.25) is 0 Å². The molecule has 0 radical (unpaired) electrons. The van der Waals surface area contributed by atoms with Crippen LogP contribution in [0, 0.1) is 0 Å². The van der Waals surface area contributed by atoms with Crippen molar-refractivity contribution in [1.82, 2.24) is 30.2 Å². The van der Waals surface area contributed by atoms with Gasteiger partial charge in [0.2, 0.25) is 5.16 Å². The zero-order valence-corrected chi connectivity index (χ0v) is 12.3. The Morgan fingerprint density at radius 2 is 2.05 bits per heavy atom. The molecule has 0 bridgehead atoms. The van der Waals surface area contributed by atoms with E-state index in [4.69, 9.17) is 0 Å². The van der Waals surface area contributed by atoms with Gasteiger partial charge < -0.3 is 4.98 Å². The standard InChI is InChI=1S/C11H7BrN6OS/c12-8-9(19)13-6-14-10(8)20-11-15-16-17-18(11)7-4-2-1-3-5-7/h1-6H,(H,13,14,19). The smallest absolute Gasteiger partial charge is 0.266 e. The molecular weight excluding hydrogens is 344 g/mol. The van der Waals surface area contributed by atoms with Gasteiger partial charge in [-0.3, -0.25) is 4.79 Å². The van der Waals surface area contributed by atoms with Crippen molar-refractivity contribution in [2.24, 2.45) is 0 Å².